The number of carboxylic acids is 1. The smallest absolute Gasteiger partial charge is 0.434 e. The molecule has 0 saturated heterocycles. The molecule has 1 unspecified atom stereocenters. The minimum absolute atomic E-state index is 0.0354. The number of carbonyl (C=O) groups is 2. The van der Waals surface area contributed by atoms with Gasteiger partial charge in [-0.15, -0.1) is 11.3 Å². The van der Waals surface area contributed by atoms with E-state index in [1.54, 1.807) is 13.8 Å². The summed E-state index contributed by atoms with van der Waals surface area (Å²) in [6.07, 6.45) is -4.20. The number of nitrogens with zero attached hydrogens (tertiary/aromatic N) is 1. The average Bonchev–Trinajstić information content (AvgIpc) is 3.01. The fourth-order valence-corrected chi connectivity index (χ4v) is 3.16. The van der Waals surface area contributed by atoms with Crippen LogP contribution in [-0.2, 0) is 6.18 Å². The van der Waals surface area contributed by atoms with Crippen LogP contribution in [0.5, 0.6) is 0 Å². The lowest BCUT2D eigenvalue weighted by atomic mass is 10.1. The molecule has 0 bridgehead atoms. The molecule has 5 nitrogen and oxygen atoms in total. The number of alkyl halides is 3. The van der Waals surface area contributed by atoms with Gasteiger partial charge in [0, 0.05) is 10.9 Å². The Labute approximate surface area is 145 Å². The van der Waals surface area contributed by atoms with Crippen molar-refractivity contribution in [2.75, 3.05) is 0 Å². The van der Waals surface area contributed by atoms with Crippen LogP contribution in [0.2, 0.25) is 0 Å². The summed E-state index contributed by atoms with van der Waals surface area (Å²) in [5, 5.41) is 12.7. The summed E-state index contributed by atoms with van der Waals surface area (Å²) >= 11 is 0.818. The predicted octanol–water partition coefficient (Wildman–Crippen LogP) is 4.05. The molecule has 9 heteroatoms. The molecule has 1 heterocycles. The minimum Gasteiger partial charge on any atom is -0.478 e. The van der Waals surface area contributed by atoms with Gasteiger partial charge in [0.1, 0.15) is 5.01 Å². The second-order valence-electron chi connectivity index (χ2n) is 5.40. The highest BCUT2D eigenvalue weighted by molar-refractivity contribution is 7.09. The number of benzene rings is 1. The molecule has 0 aliphatic rings. The number of aromatic carboxylic acids is 1. The molecule has 0 saturated carbocycles. The third kappa shape index (κ3) is 4.56. The molecule has 1 atom stereocenters. The molecule has 0 fully saturated rings. The monoisotopic (exact) mass is 372 g/mol. The maximum atomic E-state index is 12.7. The van der Waals surface area contributed by atoms with Gasteiger partial charge in [0.2, 0.25) is 0 Å². The Morgan fingerprint density at radius 3 is 2.44 bits per heavy atom. The van der Waals surface area contributed by atoms with Crippen LogP contribution >= 0.6 is 11.3 Å². The first kappa shape index (κ1) is 18.9. The topological polar surface area (TPSA) is 79.3 Å². The van der Waals surface area contributed by atoms with E-state index >= 15 is 0 Å². The number of nitrogens with one attached hydrogen (secondary N) is 1. The molecule has 2 N–H and O–H groups in total. The Hall–Kier alpha value is -2.42. The fourth-order valence-electron chi connectivity index (χ4n) is 2.20. The van der Waals surface area contributed by atoms with Gasteiger partial charge in [0.25, 0.3) is 5.91 Å². The highest BCUT2D eigenvalue weighted by Crippen LogP contribution is 2.32. The van der Waals surface area contributed by atoms with Crippen molar-refractivity contribution in [1.29, 1.82) is 0 Å². The van der Waals surface area contributed by atoms with E-state index in [9.17, 15) is 22.8 Å². The quantitative estimate of drug-likeness (QED) is 0.830. The number of hydrogen-bond acceptors (Lipinski definition) is 4. The van der Waals surface area contributed by atoms with Crippen LogP contribution in [-0.4, -0.2) is 22.0 Å². The van der Waals surface area contributed by atoms with E-state index in [0.29, 0.717) is 12.0 Å². The van der Waals surface area contributed by atoms with Gasteiger partial charge in [0.05, 0.1) is 11.6 Å². The molecular formula is C16H15F3N2O3S. The number of rotatable bonds is 5. The second-order valence-corrected chi connectivity index (χ2v) is 6.29. The number of halogens is 3. The lowest BCUT2D eigenvalue weighted by Crippen LogP contribution is -2.28. The molecule has 134 valence electrons. The van der Waals surface area contributed by atoms with Crippen molar-refractivity contribution in [2.45, 2.75) is 32.5 Å². The fraction of sp³-hybridized carbons (Fsp3) is 0.312. The number of thiazole rings is 1. The molecule has 2 aromatic rings. The van der Waals surface area contributed by atoms with Gasteiger partial charge in [-0.05, 0) is 37.1 Å². The van der Waals surface area contributed by atoms with Crippen molar-refractivity contribution in [3.05, 3.63) is 51.0 Å². The molecular weight excluding hydrogens is 357 g/mol. The zero-order valence-electron chi connectivity index (χ0n) is 13.3. The van der Waals surface area contributed by atoms with Crippen LogP contribution in [0.4, 0.5) is 13.2 Å². The van der Waals surface area contributed by atoms with E-state index in [1.807, 2.05) is 0 Å². The third-order valence-corrected chi connectivity index (χ3v) is 4.37. The number of aryl methyl sites for hydroxylation is 1. The number of amides is 1. The van der Waals surface area contributed by atoms with E-state index in [0.717, 1.165) is 16.7 Å². The second kappa shape index (κ2) is 7.22. The summed E-state index contributed by atoms with van der Waals surface area (Å²) in [5.41, 5.74) is -0.314. The number of aromatic nitrogens is 1. The molecule has 2 rings (SSSR count). The zero-order valence-corrected chi connectivity index (χ0v) is 14.2. The molecule has 0 aliphatic carbocycles. The summed E-state index contributed by atoms with van der Waals surface area (Å²) in [4.78, 5) is 27.0. The molecule has 0 spiro atoms. The van der Waals surface area contributed by atoms with Crippen LogP contribution in [0, 0.1) is 6.92 Å². The highest BCUT2D eigenvalue weighted by atomic mass is 32.1. The Balaban J connectivity index is 2.23. The van der Waals surface area contributed by atoms with Crippen molar-refractivity contribution in [1.82, 2.24) is 10.3 Å². The van der Waals surface area contributed by atoms with Gasteiger partial charge >= 0.3 is 12.1 Å². The van der Waals surface area contributed by atoms with Crippen molar-refractivity contribution in [3.63, 3.8) is 0 Å². The summed E-state index contributed by atoms with van der Waals surface area (Å²) < 4.78 is 38.0. The van der Waals surface area contributed by atoms with Crippen LogP contribution in [0.25, 0.3) is 0 Å². The number of carboxylic acid groups (broad SMARTS) is 1. The maximum absolute atomic E-state index is 12.7. The molecule has 1 aromatic carbocycles. The van der Waals surface area contributed by atoms with Gasteiger partial charge in [-0.2, -0.15) is 13.2 Å². The first-order valence-corrected chi connectivity index (χ1v) is 8.18. The molecule has 0 aliphatic heterocycles. The Kier molecular flexibility index (Phi) is 5.46. The van der Waals surface area contributed by atoms with E-state index in [1.165, 1.54) is 18.2 Å². The van der Waals surface area contributed by atoms with Crippen molar-refractivity contribution < 1.29 is 27.9 Å². The van der Waals surface area contributed by atoms with Gasteiger partial charge < -0.3 is 10.4 Å². The third-order valence-electron chi connectivity index (χ3n) is 3.41. The summed E-state index contributed by atoms with van der Waals surface area (Å²) in [6.45, 7) is 3.36. The van der Waals surface area contributed by atoms with Crippen molar-refractivity contribution >= 4 is 23.2 Å². The first-order valence-electron chi connectivity index (χ1n) is 7.30. The van der Waals surface area contributed by atoms with Crippen molar-refractivity contribution in [3.8, 4) is 0 Å². The zero-order chi connectivity index (χ0) is 18.8. The van der Waals surface area contributed by atoms with Crippen LogP contribution in [0.1, 0.15) is 56.4 Å². The van der Waals surface area contributed by atoms with Crippen LogP contribution < -0.4 is 5.32 Å². The van der Waals surface area contributed by atoms with Crippen molar-refractivity contribution in [2.24, 2.45) is 0 Å². The minimum atomic E-state index is -4.54. The van der Waals surface area contributed by atoms with Gasteiger partial charge in [-0.25, -0.2) is 9.78 Å². The SMILES string of the molecule is CCC(NC(=O)c1cc(C)cc(C(=O)O)c1)c1nc(C(F)(F)F)cs1. The maximum Gasteiger partial charge on any atom is 0.434 e. The molecule has 0 radical (unpaired) electrons. The number of hydrogen-bond donors (Lipinski definition) is 2. The normalized spacial score (nSPS) is 12.7. The summed E-state index contributed by atoms with van der Waals surface area (Å²) in [5.74, 6) is -1.73. The van der Waals surface area contributed by atoms with E-state index in [4.69, 9.17) is 5.11 Å². The number of carbonyl (C=O) groups excluding carboxylic acids is 1. The van der Waals surface area contributed by atoms with E-state index in [2.05, 4.69) is 10.3 Å². The summed E-state index contributed by atoms with van der Waals surface area (Å²) in [7, 11) is 0. The largest absolute Gasteiger partial charge is 0.478 e. The Morgan fingerprint density at radius 1 is 1.28 bits per heavy atom. The van der Waals surface area contributed by atoms with Crippen LogP contribution in [0.15, 0.2) is 23.6 Å². The molecule has 25 heavy (non-hydrogen) atoms. The predicted molar refractivity (Wildman–Crippen MR) is 85.8 cm³/mol. The highest BCUT2D eigenvalue weighted by Gasteiger charge is 2.34. The van der Waals surface area contributed by atoms with Gasteiger partial charge in [0.15, 0.2) is 5.69 Å². The lowest BCUT2D eigenvalue weighted by Gasteiger charge is -2.15. The van der Waals surface area contributed by atoms with Gasteiger partial charge in [-0.3, -0.25) is 4.79 Å². The van der Waals surface area contributed by atoms with Crippen LogP contribution in [0.3, 0.4) is 0 Å². The Bertz CT molecular complexity index is 802. The molecule has 1 aromatic heterocycles. The van der Waals surface area contributed by atoms with E-state index < -0.39 is 29.8 Å². The van der Waals surface area contributed by atoms with Gasteiger partial charge in [-0.1, -0.05) is 6.92 Å². The average molecular weight is 372 g/mol. The molecule has 1 amide bonds. The first-order chi connectivity index (χ1) is 11.6. The van der Waals surface area contributed by atoms with E-state index in [-0.39, 0.29) is 16.1 Å². The Morgan fingerprint density at radius 2 is 1.92 bits per heavy atom. The lowest BCUT2D eigenvalue weighted by molar-refractivity contribution is -0.140. The summed E-state index contributed by atoms with van der Waals surface area (Å²) in [6, 6.07) is 3.47. The standard InChI is InChI=1S/C16H15F3N2O3S/c1-3-11(14-21-12(7-25-14)16(17,18)19)20-13(22)9-4-8(2)5-10(6-9)15(23)24/h4-7,11H,3H2,1-2H3,(H,20,22)(H,23,24).